The van der Waals surface area contributed by atoms with Gasteiger partial charge in [-0.3, -0.25) is 4.79 Å². The predicted octanol–water partition coefficient (Wildman–Crippen LogP) is 2.44. The zero-order valence-electron chi connectivity index (χ0n) is 11.3. The van der Waals surface area contributed by atoms with Crippen LogP contribution in [0.15, 0.2) is 18.2 Å². The molecule has 0 saturated heterocycles. The van der Waals surface area contributed by atoms with Gasteiger partial charge in [0, 0.05) is 5.56 Å². The van der Waals surface area contributed by atoms with Crippen LogP contribution in [0.2, 0.25) is 0 Å². The number of Topliss-reactive ketones (excluding diaryl/α,β-unsaturated/α-hetero) is 1. The lowest BCUT2D eigenvalue weighted by molar-refractivity contribution is 0.0487. The second-order valence-corrected chi connectivity index (χ2v) is 4.42. The summed E-state index contributed by atoms with van der Waals surface area (Å²) in [6.07, 6.45) is 0. The smallest absolute Gasteiger partial charge is 0.193 e. The monoisotopic (exact) mass is 252 g/mol. The van der Waals surface area contributed by atoms with E-state index < -0.39 is 5.60 Å². The fourth-order valence-corrected chi connectivity index (χ4v) is 1.55. The zero-order valence-corrected chi connectivity index (χ0v) is 11.3. The number of rotatable bonds is 6. The number of benzene rings is 1. The van der Waals surface area contributed by atoms with Crippen LogP contribution in [-0.4, -0.2) is 29.7 Å². The van der Waals surface area contributed by atoms with Crippen molar-refractivity contribution in [2.75, 3.05) is 13.2 Å². The van der Waals surface area contributed by atoms with Gasteiger partial charge in [-0.15, -0.1) is 0 Å². The standard InChI is InChI=1S/C14H20O4/c1-5-17-11-8-7-10(9-12(11)18-6-2)13(15)14(3,4)16/h7-9,16H,5-6H2,1-4H3. The van der Waals surface area contributed by atoms with E-state index in [1.54, 1.807) is 18.2 Å². The Hall–Kier alpha value is -1.55. The zero-order chi connectivity index (χ0) is 13.8. The van der Waals surface area contributed by atoms with Crippen molar-refractivity contribution in [3.05, 3.63) is 23.8 Å². The van der Waals surface area contributed by atoms with Crippen LogP contribution in [0.4, 0.5) is 0 Å². The van der Waals surface area contributed by atoms with Crippen LogP contribution >= 0.6 is 0 Å². The Morgan fingerprint density at radius 2 is 1.72 bits per heavy atom. The molecule has 1 aromatic rings. The van der Waals surface area contributed by atoms with Gasteiger partial charge in [-0.2, -0.15) is 0 Å². The van der Waals surface area contributed by atoms with Gasteiger partial charge in [-0.1, -0.05) is 0 Å². The Kier molecular flexibility index (Phi) is 4.73. The fourth-order valence-electron chi connectivity index (χ4n) is 1.55. The molecule has 1 rings (SSSR count). The molecule has 1 N–H and O–H groups in total. The molecular formula is C14H20O4. The first kappa shape index (κ1) is 14.5. The number of hydrogen-bond acceptors (Lipinski definition) is 4. The first-order valence-corrected chi connectivity index (χ1v) is 6.07. The highest BCUT2D eigenvalue weighted by atomic mass is 16.5. The van der Waals surface area contributed by atoms with Crippen LogP contribution < -0.4 is 9.47 Å². The lowest BCUT2D eigenvalue weighted by atomic mass is 9.96. The third kappa shape index (κ3) is 3.47. The Morgan fingerprint density at radius 1 is 1.17 bits per heavy atom. The van der Waals surface area contributed by atoms with Crippen molar-refractivity contribution in [2.24, 2.45) is 0 Å². The average molecular weight is 252 g/mol. The van der Waals surface area contributed by atoms with E-state index in [9.17, 15) is 9.90 Å². The van der Waals surface area contributed by atoms with Crippen molar-refractivity contribution in [1.82, 2.24) is 0 Å². The molecule has 0 spiro atoms. The quantitative estimate of drug-likeness (QED) is 0.790. The Balaban J connectivity index is 3.10. The van der Waals surface area contributed by atoms with Crippen molar-refractivity contribution < 1.29 is 19.4 Å². The summed E-state index contributed by atoms with van der Waals surface area (Å²) in [7, 11) is 0. The summed E-state index contributed by atoms with van der Waals surface area (Å²) in [6, 6.07) is 4.93. The molecule has 0 aliphatic rings. The van der Waals surface area contributed by atoms with Crippen LogP contribution in [-0.2, 0) is 0 Å². The third-order valence-corrected chi connectivity index (χ3v) is 2.36. The SMILES string of the molecule is CCOc1ccc(C(=O)C(C)(C)O)cc1OCC. The van der Waals surface area contributed by atoms with E-state index in [-0.39, 0.29) is 5.78 Å². The van der Waals surface area contributed by atoms with Crippen molar-refractivity contribution in [1.29, 1.82) is 0 Å². The number of hydrogen-bond donors (Lipinski definition) is 1. The molecule has 18 heavy (non-hydrogen) atoms. The Morgan fingerprint density at radius 3 is 2.22 bits per heavy atom. The number of carbonyl (C=O) groups is 1. The molecule has 0 fully saturated rings. The molecule has 0 aliphatic heterocycles. The molecule has 0 aliphatic carbocycles. The fraction of sp³-hybridized carbons (Fsp3) is 0.500. The number of ether oxygens (including phenoxy) is 2. The molecule has 4 nitrogen and oxygen atoms in total. The van der Waals surface area contributed by atoms with Crippen LogP contribution in [0, 0.1) is 0 Å². The molecule has 0 bridgehead atoms. The second kappa shape index (κ2) is 5.87. The molecule has 0 atom stereocenters. The second-order valence-electron chi connectivity index (χ2n) is 4.42. The van der Waals surface area contributed by atoms with Gasteiger partial charge in [-0.25, -0.2) is 0 Å². The summed E-state index contributed by atoms with van der Waals surface area (Å²) < 4.78 is 10.8. The van der Waals surface area contributed by atoms with Crippen molar-refractivity contribution in [3.8, 4) is 11.5 Å². The van der Waals surface area contributed by atoms with Gasteiger partial charge in [0.25, 0.3) is 0 Å². The van der Waals surface area contributed by atoms with Gasteiger partial charge in [0.1, 0.15) is 5.60 Å². The largest absolute Gasteiger partial charge is 0.490 e. The highest BCUT2D eigenvalue weighted by molar-refractivity contribution is 6.02. The molecule has 0 aromatic heterocycles. The topological polar surface area (TPSA) is 55.8 Å². The molecule has 0 heterocycles. The molecule has 0 saturated carbocycles. The van der Waals surface area contributed by atoms with Gasteiger partial charge in [0.2, 0.25) is 0 Å². The van der Waals surface area contributed by atoms with Crippen molar-refractivity contribution >= 4 is 5.78 Å². The number of aliphatic hydroxyl groups is 1. The van der Waals surface area contributed by atoms with Gasteiger partial charge in [0.15, 0.2) is 17.3 Å². The van der Waals surface area contributed by atoms with E-state index in [4.69, 9.17) is 9.47 Å². The summed E-state index contributed by atoms with van der Waals surface area (Å²) in [6.45, 7) is 7.68. The van der Waals surface area contributed by atoms with Crippen LogP contribution in [0.1, 0.15) is 38.1 Å². The summed E-state index contributed by atoms with van der Waals surface area (Å²) in [5.41, 5.74) is -0.981. The van der Waals surface area contributed by atoms with Crippen LogP contribution in [0.25, 0.3) is 0 Å². The lowest BCUT2D eigenvalue weighted by Crippen LogP contribution is -2.31. The Labute approximate surface area is 108 Å². The van der Waals surface area contributed by atoms with E-state index in [0.29, 0.717) is 30.3 Å². The summed E-state index contributed by atoms with van der Waals surface area (Å²) in [4.78, 5) is 11.9. The maximum absolute atomic E-state index is 11.9. The highest BCUT2D eigenvalue weighted by Gasteiger charge is 2.26. The maximum atomic E-state index is 11.9. The third-order valence-electron chi connectivity index (χ3n) is 2.36. The van der Waals surface area contributed by atoms with Crippen LogP contribution in [0.5, 0.6) is 11.5 Å². The first-order valence-electron chi connectivity index (χ1n) is 6.07. The molecule has 0 amide bonds. The lowest BCUT2D eigenvalue weighted by Gasteiger charge is -2.17. The molecule has 0 radical (unpaired) electrons. The van der Waals surface area contributed by atoms with Gasteiger partial charge in [0.05, 0.1) is 13.2 Å². The minimum Gasteiger partial charge on any atom is -0.490 e. The van der Waals surface area contributed by atoms with Crippen molar-refractivity contribution in [2.45, 2.75) is 33.3 Å². The molecule has 4 heteroatoms. The van der Waals surface area contributed by atoms with Gasteiger partial charge in [-0.05, 0) is 45.9 Å². The average Bonchev–Trinajstić information content (AvgIpc) is 2.30. The molecule has 100 valence electrons. The Bertz CT molecular complexity index is 418. The first-order chi connectivity index (χ1) is 8.40. The van der Waals surface area contributed by atoms with Gasteiger partial charge < -0.3 is 14.6 Å². The number of ketones is 1. The molecule has 0 unspecified atom stereocenters. The van der Waals surface area contributed by atoms with E-state index in [1.807, 2.05) is 13.8 Å². The van der Waals surface area contributed by atoms with Gasteiger partial charge >= 0.3 is 0 Å². The van der Waals surface area contributed by atoms with Crippen LogP contribution in [0.3, 0.4) is 0 Å². The van der Waals surface area contributed by atoms with E-state index in [0.717, 1.165) is 0 Å². The van der Waals surface area contributed by atoms with E-state index in [1.165, 1.54) is 13.8 Å². The normalized spacial score (nSPS) is 11.2. The predicted molar refractivity (Wildman–Crippen MR) is 69.4 cm³/mol. The molecule has 1 aromatic carbocycles. The molecular weight excluding hydrogens is 232 g/mol. The minimum atomic E-state index is -1.39. The van der Waals surface area contributed by atoms with Crippen molar-refractivity contribution in [3.63, 3.8) is 0 Å². The maximum Gasteiger partial charge on any atom is 0.193 e. The minimum absolute atomic E-state index is 0.341. The highest BCUT2D eigenvalue weighted by Crippen LogP contribution is 2.29. The summed E-state index contributed by atoms with van der Waals surface area (Å²) >= 11 is 0. The van der Waals surface area contributed by atoms with E-state index >= 15 is 0 Å². The van der Waals surface area contributed by atoms with E-state index in [2.05, 4.69) is 0 Å². The number of carbonyl (C=O) groups excluding carboxylic acids is 1. The summed E-state index contributed by atoms with van der Waals surface area (Å²) in [5.74, 6) is 0.785. The summed E-state index contributed by atoms with van der Waals surface area (Å²) in [5, 5.41) is 9.71.